The van der Waals surface area contributed by atoms with Crippen LogP contribution < -0.4 is 10.1 Å². The van der Waals surface area contributed by atoms with Crippen LogP contribution >= 0.6 is 0 Å². The Hall–Kier alpha value is -1.79. The van der Waals surface area contributed by atoms with E-state index in [1.807, 2.05) is 0 Å². The molecule has 0 aliphatic rings. The molecule has 0 spiro atoms. The van der Waals surface area contributed by atoms with Crippen LogP contribution in [0.2, 0.25) is 0 Å². The lowest BCUT2D eigenvalue weighted by Gasteiger charge is -2.14. The predicted octanol–water partition coefficient (Wildman–Crippen LogP) is 0.326. The quantitative estimate of drug-likeness (QED) is 0.560. The highest BCUT2D eigenvalue weighted by Crippen LogP contribution is 2.29. The second kappa shape index (κ2) is 6.83. The minimum absolute atomic E-state index is 0.0195. The first kappa shape index (κ1) is 14.3. The Bertz CT molecular complexity index is 407. The molecule has 18 heavy (non-hydrogen) atoms. The number of carbonyl (C=O) groups is 1. The highest BCUT2D eigenvalue weighted by Gasteiger charge is 2.16. The molecule has 6 heteroatoms. The van der Waals surface area contributed by atoms with Gasteiger partial charge in [0.2, 0.25) is 0 Å². The van der Waals surface area contributed by atoms with Crippen molar-refractivity contribution in [3.8, 4) is 11.5 Å². The van der Waals surface area contributed by atoms with Crippen LogP contribution in [-0.2, 0) is 11.3 Å². The summed E-state index contributed by atoms with van der Waals surface area (Å²) in [5.74, 6) is -0.806. The number of phenols is 1. The molecule has 0 fully saturated rings. The van der Waals surface area contributed by atoms with Crippen molar-refractivity contribution in [1.82, 2.24) is 5.32 Å². The zero-order valence-corrected chi connectivity index (χ0v) is 10.1. The molecule has 0 saturated carbocycles. The number of phenolic OH excluding ortho intramolecular Hbond substituents is 1. The number of para-hydroxylation sites is 1. The molecule has 0 aliphatic heterocycles. The van der Waals surface area contributed by atoms with Crippen LogP contribution in [-0.4, -0.2) is 40.5 Å². The number of aromatic hydroxyl groups is 1. The maximum atomic E-state index is 10.7. The van der Waals surface area contributed by atoms with Crippen LogP contribution in [0.1, 0.15) is 12.5 Å². The third-order valence-electron chi connectivity index (χ3n) is 2.40. The van der Waals surface area contributed by atoms with Gasteiger partial charge in [-0.3, -0.25) is 10.1 Å². The number of aliphatic hydroxyl groups excluding tert-OH is 1. The van der Waals surface area contributed by atoms with E-state index >= 15 is 0 Å². The highest BCUT2D eigenvalue weighted by molar-refractivity contribution is 5.73. The maximum Gasteiger partial charge on any atom is 0.323 e. The minimum Gasteiger partial charge on any atom is -0.504 e. The van der Waals surface area contributed by atoms with Gasteiger partial charge < -0.3 is 20.1 Å². The van der Waals surface area contributed by atoms with Crippen molar-refractivity contribution < 1.29 is 24.9 Å². The fourth-order valence-corrected chi connectivity index (χ4v) is 1.45. The standard InChI is InChI=1S/C12H17NO5/c1-2-18-10-5-3-4-8(11(10)15)6-13-9(7-14)12(16)17/h3-5,9,13-15H,2,6-7H2,1H3,(H,16,17). The summed E-state index contributed by atoms with van der Waals surface area (Å²) in [5, 5.41) is 30.1. The number of aliphatic carboxylic acids is 1. The lowest BCUT2D eigenvalue weighted by atomic mass is 10.1. The fourth-order valence-electron chi connectivity index (χ4n) is 1.45. The normalized spacial score (nSPS) is 12.1. The molecule has 100 valence electrons. The smallest absolute Gasteiger partial charge is 0.323 e. The van der Waals surface area contributed by atoms with Crippen molar-refractivity contribution in [2.45, 2.75) is 19.5 Å². The van der Waals surface area contributed by atoms with Crippen molar-refractivity contribution in [1.29, 1.82) is 0 Å². The minimum atomic E-state index is -1.14. The number of benzene rings is 1. The van der Waals surface area contributed by atoms with E-state index in [-0.39, 0.29) is 12.3 Å². The Morgan fingerprint density at radius 3 is 2.78 bits per heavy atom. The van der Waals surface area contributed by atoms with E-state index in [9.17, 15) is 9.90 Å². The van der Waals surface area contributed by atoms with E-state index < -0.39 is 18.6 Å². The van der Waals surface area contributed by atoms with Crippen molar-refractivity contribution in [2.75, 3.05) is 13.2 Å². The molecular weight excluding hydrogens is 238 g/mol. The molecular formula is C12H17NO5. The van der Waals surface area contributed by atoms with Crippen LogP contribution in [0.5, 0.6) is 11.5 Å². The van der Waals surface area contributed by atoms with Crippen LogP contribution in [0.3, 0.4) is 0 Å². The van der Waals surface area contributed by atoms with Gasteiger partial charge in [0, 0.05) is 12.1 Å². The predicted molar refractivity (Wildman–Crippen MR) is 64.6 cm³/mol. The molecule has 0 amide bonds. The topological polar surface area (TPSA) is 99.0 Å². The number of carboxylic acid groups (broad SMARTS) is 1. The average molecular weight is 255 g/mol. The zero-order valence-electron chi connectivity index (χ0n) is 10.1. The molecule has 0 radical (unpaired) electrons. The SMILES string of the molecule is CCOc1cccc(CNC(CO)C(=O)O)c1O. The van der Waals surface area contributed by atoms with Gasteiger partial charge in [0.15, 0.2) is 11.5 Å². The van der Waals surface area contributed by atoms with Gasteiger partial charge in [-0.15, -0.1) is 0 Å². The molecule has 1 aromatic carbocycles. The molecule has 0 aliphatic carbocycles. The molecule has 4 N–H and O–H groups in total. The van der Waals surface area contributed by atoms with Crippen LogP contribution in [0.25, 0.3) is 0 Å². The van der Waals surface area contributed by atoms with E-state index in [4.69, 9.17) is 14.9 Å². The average Bonchev–Trinajstić information content (AvgIpc) is 2.34. The van der Waals surface area contributed by atoms with Crippen LogP contribution in [0, 0.1) is 0 Å². The summed E-state index contributed by atoms with van der Waals surface area (Å²) >= 11 is 0. The number of ether oxygens (including phenoxy) is 1. The van der Waals surface area contributed by atoms with Crippen LogP contribution in [0.4, 0.5) is 0 Å². The van der Waals surface area contributed by atoms with Gasteiger partial charge in [0.1, 0.15) is 6.04 Å². The summed E-state index contributed by atoms with van der Waals surface area (Å²) in [6.07, 6.45) is 0. The summed E-state index contributed by atoms with van der Waals surface area (Å²) in [6, 6.07) is 3.93. The molecule has 1 unspecified atom stereocenters. The lowest BCUT2D eigenvalue weighted by molar-refractivity contribution is -0.140. The molecule has 0 bridgehead atoms. The van der Waals surface area contributed by atoms with E-state index in [0.717, 1.165) is 0 Å². The number of hydrogen-bond acceptors (Lipinski definition) is 5. The van der Waals surface area contributed by atoms with Gasteiger partial charge in [-0.1, -0.05) is 12.1 Å². The largest absolute Gasteiger partial charge is 0.504 e. The number of hydrogen-bond donors (Lipinski definition) is 4. The molecule has 1 atom stereocenters. The second-order valence-electron chi connectivity index (χ2n) is 3.65. The van der Waals surface area contributed by atoms with Gasteiger partial charge >= 0.3 is 5.97 Å². The summed E-state index contributed by atoms with van der Waals surface area (Å²) in [7, 11) is 0. The maximum absolute atomic E-state index is 10.7. The Morgan fingerprint density at radius 1 is 1.50 bits per heavy atom. The molecule has 1 rings (SSSR count). The molecule has 0 saturated heterocycles. The van der Waals surface area contributed by atoms with Gasteiger partial charge in [0.25, 0.3) is 0 Å². The van der Waals surface area contributed by atoms with Crippen molar-refractivity contribution in [3.63, 3.8) is 0 Å². The summed E-state index contributed by atoms with van der Waals surface area (Å²) in [6.45, 7) is 1.85. The molecule has 0 aromatic heterocycles. The third-order valence-corrected chi connectivity index (χ3v) is 2.40. The van der Waals surface area contributed by atoms with E-state index in [2.05, 4.69) is 5.32 Å². The molecule has 1 aromatic rings. The Labute approximate surface area is 105 Å². The number of carboxylic acids is 1. The van der Waals surface area contributed by atoms with Crippen LogP contribution in [0.15, 0.2) is 18.2 Å². The van der Waals surface area contributed by atoms with Gasteiger partial charge in [-0.2, -0.15) is 0 Å². The Balaban J connectivity index is 2.72. The van der Waals surface area contributed by atoms with E-state index in [0.29, 0.717) is 17.9 Å². The Kier molecular flexibility index (Phi) is 5.41. The monoisotopic (exact) mass is 255 g/mol. The van der Waals surface area contributed by atoms with Gasteiger partial charge in [-0.25, -0.2) is 0 Å². The summed E-state index contributed by atoms with van der Waals surface area (Å²) in [5.41, 5.74) is 0.514. The van der Waals surface area contributed by atoms with Crippen molar-refractivity contribution in [2.24, 2.45) is 0 Å². The molecule has 6 nitrogen and oxygen atoms in total. The van der Waals surface area contributed by atoms with Gasteiger partial charge in [0.05, 0.1) is 13.2 Å². The molecule has 0 heterocycles. The first-order valence-electron chi connectivity index (χ1n) is 5.60. The number of nitrogens with one attached hydrogen (secondary N) is 1. The second-order valence-corrected chi connectivity index (χ2v) is 3.65. The van der Waals surface area contributed by atoms with E-state index in [1.165, 1.54) is 0 Å². The number of aliphatic hydroxyl groups is 1. The van der Waals surface area contributed by atoms with Crippen molar-refractivity contribution >= 4 is 5.97 Å². The highest BCUT2D eigenvalue weighted by atomic mass is 16.5. The fraction of sp³-hybridized carbons (Fsp3) is 0.417. The zero-order chi connectivity index (χ0) is 13.5. The summed E-state index contributed by atoms with van der Waals surface area (Å²) in [4.78, 5) is 10.7. The number of rotatable bonds is 7. The lowest BCUT2D eigenvalue weighted by Crippen LogP contribution is -2.39. The first-order chi connectivity index (χ1) is 8.60. The van der Waals surface area contributed by atoms with Crippen molar-refractivity contribution in [3.05, 3.63) is 23.8 Å². The summed E-state index contributed by atoms with van der Waals surface area (Å²) < 4.78 is 5.21. The first-order valence-corrected chi connectivity index (χ1v) is 5.60. The van der Waals surface area contributed by atoms with Gasteiger partial charge in [-0.05, 0) is 13.0 Å². The third kappa shape index (κ3) is 3.61. The Morgan fingerprint density at radius 2 is 2.22 bits per heavy atom. The van der Waals surface area contributed by atoms with E-state index in [1.54, 1.807) is 25.1 Å².